The molecule has 0 saturated carbocycles. The normalized spacial score (nSPS) is 12.6. The number of rotatable bonds is 24. The molecule has 0 aliphatic carbocycles. The van der Waals surface area contributed by atoms with E-state index in [0.717, 1.165) is 12.8 Å². The van der Waals surface area contributed by atoms with Gasteiger partial charge in [0.05, 0.1) is 18.8 Å². The van der Waals surface area contributed by atoms with Gasteiger partial charge in [-0.25, -0.2) is 0 Å². The third-order valence-corrected chi connectivity index (χ3v) is 5.37. The Bertz CT molecular complexity index is 473. The second-order valence-corrected chi connectivity index (χ2v) is 9.13. The summed E-state index contributed by atoms with van der Waals surface area (Å²) >= 11 is 0. The van der Waals surface area contributed by atoms with Gasteiger partial charge in [0, 0.05) is 13.0 Å². The van der Waals surface area contributed by atoms with E-state index in [4.69, 9.17) is 14.6 Å². The Morgan fingerprint density at radius 3 is 1.88 bits per heavy atom. The summed E-state index contributed by atoms with van der Waals surface area (Å²) in [6, 6.07) is 0. The van der Waals surface area contributed by atoms with Crippen LogP contribution in [0.4, 0.5) is 0 Å². The second-order valence-electron chi connectivity index (χ2n) is 9.13. The molecule has 0 spiro atoms. The highest BCUT2D eigenvalue weighted by molar-refractivity contribution is 5.94. The summed E-state index contributed by atoms with van der Waals surface area (Å²) in [5.74, 6) is -1.41. The van der Waals surface area contributed by atoms with Crippen molar-refractivity contribution in [3.05, 3.63) is 12.2 Å². The number of carboxylic acid groups (broad SMARTS) is 1. The van der Waals surface area contributed by atoms with Crippen molar-refractivity contribution in [2.45, 2.75) is 136 Å². The average Bonchev–Trinajstić information content (AvgIpc) is 2.71. The predicted molar refractivity (Wildman–Crippen MR) is 132 cm³/mol. The molecule has 0 heterocycles. The van der Waals surface area contributed by atoms with Gasteiger partial charge in [0.25, 0.3) is 0 Å². The molecule has 0 bridgehead atoms. The third-order valence-electron chi connectivity index (χ3n) is 5.37. The Morgan fingerprint density at radius 1 is 0.812 bits per heavy atom. The first-order chi connectivity index (χ1) is 15.5. The minimum Gasteiger partial charge on any atom is -0.481 e. The lowest BCUT2D eigenvalue weighted by atomic mass is 10.1. The van der Waals surface area contributed by atoms with Gasteiger partial charge in [0.15, 0.2) is 0 Å². The summed E-state index contributed by atoms with van der Waals surface area (Å²) in [5.41, 5.74) is 0. The first-order valence-electron chi connectivity index (χ1n) is 13.1. The zero-order valence-electron chi connectivity index (χ0n) is 21.1. The van der Waals surface area contributed by atoms with Crippen LogP contribution in [-0.2, 0) is 19.1 Å². The maximum Gasteiger partial charge on any atom is 0.310 e. The Labute approximate surface area is 197 Å². The SMILES string of the molecule is CCCCCCCCC=CCCCCCCCCOCC(CC(=O)CC(=O)O)OC(C)C. The molecular formula is C27H50O5. The van der Waals surface area contributed by atoms with Crippen LogP contribution in [0.15, 0.2) is 12.2 Å². The fraction of sp³-hybridized carbons (Fsp3) is 0.852. The van der Waals surface area contributed by atoms with E-state index in [0.29, 0.717) is 13.2 Å². The molecule has 1 atom stereocenters. The molecule has 1 unspecified atom stereocenters. The number of aliphatic carboxylic acids is 1. The molecule has 0 amide bonds. The minimum atomic E-state index is -1.09. The van der Waals surface area contributed by atoms with Crippen molar-refractivity contribution in [1.29, 1.82) is 0 Å². The second kappa shape index (κ2) is 23.0. The molecule has 5 nitrogen and oxygen atoms in total. The topological polar surface area (TPSA) is 72.8 Å². The van der Waals surface area contributed by atoms with Crippen LogP contribution in [0.25, 0.3) is 0 Å². The van der Waals surface area contributed by atoms with E-state index >= 15 is 0 Å². The maximum absolute atomic E-state index is 11.7. The predicted octanol–water partition coefficient (Wildman–Crippen LogP) is 7.27. The number of allylic oxidation sites excluding steroid dienone is 2. The lowest BCUT2D eigenvalue weighted by Crippen LogP contribution is -2.27. The van der Waals surface area contributed by atoms with Crippen LogP contribution in [0.2, 0.25) is 0 Å². The highest BCUT2D eigenvalue weighted by Gasteiger charge is 2.18. The first kappa shape index (κ1) is 30.8. The number of ketones is 1. The number of hydrogen-bond acceptors (Lipinski definition) is 4. The molecule has 1 N–H and O–H groups in total. The molecule has 0 aromatic heterocycles. The van der Waals surface area contributed by atoms with E-state index in [2.05, 4.69) is 19.1 Å². The summed E-state index contributed by atoms with van der Waals surface area (Å²) in [4.78, 5) is 22.4. The van der Waals surface area contributed by atoms with Crippen LogP contribution in [0, 0.1) is 0 Å². The molecule has 0 radical (unpaired) electrons. The zero-order chi connectivity index (χ0) is 23.9. The average molecular weight is 455 g/mol. The number of Topliss-reactive ketones (excluding diaryl/α,β-unsaturated/α-hetero) is 1. The lowest BCUT2D eigenvalue weighted by Gasteiger charge is -2.19. The van der Waals surface area contributed by atoms with Gasteiger partial charge in [0.1, 0.15) is 12.2 Å². The molecule has 5 heteroatoms. The molecule has 0 rings (SSSR count). The number of unbranched alkanes of at least 4 members (excludes halogenated alkanes) is 12. The Kier molecular flexibility index (Phi) is 22.1. The number of hydrogen-bond donors (Lipinski definition) is 1. The van der Waals surface area contributed by atoms with Crippen LogP contribution in [0.1, 0.15) is 124 Å². The highest BCUT2D eigenvalue weighted by atomic mass is 16.5. The molecular weight excluding hydrogens is 404 g/mol. The number of ether oxygens (including phenoxy) is 2. The van der Waals surface area contributed by atoms with Crippen LogP contribution in [0.5, 0.6) is 0 Å². The van der Waals surface area contributed by atoms with E-state index in [1.165, 1.54) is 77.0 Å². The maximum atomic E-state index is 11.7. The summed E-state index contributed by atoms with van der Waals surface area (Å²) in [7, 11) is 0. The van der Waals surface area contributed by atoms with Crippen molar-refractivity contribution in [2.24, 2.45) is 0 Å². The summed E-state index contributed by atoms with van der Waals surface area (Å²) in [6.07, 6.45) is 21.9. The standard InChI is InChI=1S/C27H50O5/c1-4-5-6-7-8-9-10-11-12-13-14-15-16-17-18-19-20-31-23-26(32-24(2)3)21-25(28)22-27(29)30/h11-12,24,26H,4-10,13-23H2,1-3H3,(H,29,30). The Balaban J connectivity index is 3.54. The van der Waals surface area contributed by atoms with Gasteiger partial charge in [-0.15, -0.1) is 0 Å². The van der Waals surface area contributed by atoms with Crippen molar-refractivity contribution >= 4 is 11.8 Å². The molecule has 0 aliphatic rings. The lowest BCUT2D eigenvalue weighted by molar-refractivity contribution is -0.141. The first-order valence-corrected chi connectivity index (χ1v) is 13.1. The van der Waals surface area contributed by atoms with Crippen molar-refractivity contribution < 1.29 is 24.2 Å². The van der Waals surface area contributed by atoms with Gasteiger partial charge >= 0.3 is 5.97 Å². The van der Waals surface area contributed by atoms with Gasteiger partial charge in [-0.1, -0.05) is 76.9 Å². The van der Waals surface area contributed by atoms with E-state index < -0.39 is 12.4 Å². The van der Waals surface area contributed by atoms with Gasteiger partial charge < -0.3 is 14.6 Å². The molecule has 188 valence electrons. The highest BCUT2D eigenvalue weighted by Crippen LogP contribution is 2.11. The van der Waals surface area contributed by atoms with Crippen LogP contribution < -0.4 is 0 Å². The fourth-order valence-electron chi connectivity index (χ4n) is 3.69. The molecule has 0 aliphatic heterocycles. The van der Waals surface area contributed by atoms with Crippen molar-refractivity contribution in [2.75, 3.05) is 13.2 Å². The summed E-state index contributed by atoms with van der Waals surface area (Å²) in [6.45, 7) is 7.07. The largest absolute Gasteiger partial charge is 0.481 e. The van der Waals surface area contributed by atoms with Crippen LogP contribution >= 0.6 is 0 Å². The monoisotopic (exact) mass is 454 g/mol. The van der Waals surface area contributed by atoms with E-state index in [-0.39, 0.29) is 24.4 Å². The minimum absolute atomic E-state index is 0.0216. The van der Waals surface area contributed by atoms with Gasteiger partial charge in [0.2, 0.25) is 0 Å². The fourth-order valence-corrected chi connectivity index (χ4v) is 3.69. The molecule has 0 aromatic carbocycles. The Morgan fingerprint density at radius 2 is 1.34 bits per heavy atom. The van der Waals surface area contributed by atoms with Crippen molar-refractivity contribution in [1.82, 2.24) is 0 Å². The third kappa shape index (κ3) is 23.5. The summed E-state index contributed by atoms with van der Waals surface area (Å²) in [5, 5.41) is 8.72. The van der Waals surface area contributed by atoms with Gasteiger partial charge in [-0.3, -0.25) is 9.59 Å². The molecule has 0 aromatic rings. The number of carbonyl (C=O) groups is 2. The molecule has 32 heavy (non-hydrogen) atoms. The number of carboxylic acids is 1. The van der Waals surface area contributed by atoms with Gasteiger partial charge in [-0.05, 0) is 46.0 Å². The van der Waals surface area contributed by atoms with Gasteiger partial charge in [-0.2, -0.15) is 0 Å². The molecule has 0 fully saturated rings. The smallest absolute Gasteiger partial charge is 0.310 e. The van der Waals surface area contributed by atoms with E-state index in [9.17, 15) is 9.59 Å². The van der Waals surface area contributed by atoms with Crippen molar-refractivity contribution in [3.8, 4) is 0 Å². The Hall–Kier alpha value is -1.20. The molecule has 0 saturated heterocycles. The van der Waals surface area contributed by atoms with Crippen LogP contribution in [-0.4, -0.2) is 42.3 Å². The van der Waals surface area contributed by atoms with E-state index in [1.807, 2.05) is 13.8 Å². The van der Waals surface area contributed by atoms with Crippen LogP contribution in [0.3, 0.4) is 0 Å². The van der Waals surface area contributed by atoms with Crippen molar-refractivity contribution in [3.63, 3.8) is 0 Å². The zero-order valence-corrected chi connectivity index (χ0v) is 21.1. The quantitative estimate of drug-likeness (QED) is 0.0943. The summed E-state index contributed by atoms with van der Waals surface area (Å²) < 4.78 is 11.4. The number of carbonyl (C=O) groups excluding carboxylic acids is 1. The van der Waals surface area contributed by atoms with E-state index in [1.54, 1.807) is 0 Å².